The highest BCUT2D eigenvalue weighted by Crippen LogP contribution is 2.33. The molecule has 0 saturated heterocycles. The van der Waals surface area contributed by atoms with Crippen LogP contribution in [0.2, 0.25) is 0 Å². The maximum atomic E-state index is 15.1. The highest BCUT2D eigenvalue weighted by atomic mass is 32.2. The first kappa shape index (κ1) is 34.8. The molecule has 16 heteroatoms. The molecule has 246 valence electrons. The summed E-state index contributed by atoms with van der Waals surface area (Å²) in [6.07, 6.45) is 2.48. The summed E-state index contributed by atoms with van der Waals surface area (Å²) in [6.45, 7) is 1.89. The number of pyridine rings is 1. The van der Waals surface area contributed by atoms with Crippen molar-refractivity contribution in [3.05, 3.63) is 105 Å². The zero-order valence-electron chi connectivity index (χ0n) is 24.7. The van der Waals surface area contributed by atoms with Crippen molar-refractivity contribution in [2.24, 2.45) is 5.11 Å². The lowest BCUT2D eigenvalue weighted by atomic mass is 9.84. The fourth-order valence-corrected chi connectivity index (χ4v) is 6.65. The number of azide groups is 1. The Kier molecular flexibility index (Phi) is 11.7. The SMILES string of the molecule is CC(O)CNCC(CCc1c(F)cncc1NC(=O)[C@@H](N=[N+]=[N-])[C@@H](c1ccc(F)cc1)c1cc(F)cc(F)c1)NS(=O)(=O)C1CC1. The number of hydrogen-bond donors (Lipinski definition) is 4. The minimum atomic E-state index is -3.62. The van der Waals surface area contributed by atoms with Gasteiger partial charge in [0.2, 0.25) is 15.9 Å². The number of carbonyl (C=O) groups excluding carboxylic acids is 1. The molecule has 2 aromatic carbocycles. The van der Waals surface area contributed by atoms with Crippen LogP contribution in [0.15, 0.2) is 60.0 Å². The van der Waals surface area contributed by atoms with Crippen molar-refractivity contribution in [3.8, 4) is 0 Å². The number of halogens is 4. The van der Waals surface area contributed by atoms with Crippen LogP contribution in [0.4, 0.5) is 23.2 Å². The summed E-state index contributed by atoms with van der Waals surface area (Å²) < 4.78 is 85.4. The lowest BCUT2D eigenvalue weighted by Crippen LogP contribution is -2.44. The van der Waals surface area contributed by atoms with E-state index in [1.165, 1.54) is 12.1 Å². The van der Waals surface area contributed by atoms with E-state index in [-0.39, 0.29) is 48.3 Å². The fourth-order valence-electron chi connectivity index (χ4n) is 5.03. The summed E-state index contributed by atoms with van der Waals surface area (Å²) in [5, 5.41) is 18.2. The molecule has 1 aliphatic rings. The molecule has 46 heavy (non-hydrogen) atoms. The number of aliphatic hydroxyl groups excluding tert-OH is 1. The van der Waals surface area contributed by atoms with Gasteiger partial charge in [0.25, 0.3) is 0 Å². The second kappa shape index (κ2) is 15.5. The predicted octanol–water partition coefficient (Wildman–Crippen LogP) is 4.44. The minimum Gasteiger partial charge on any atom is -0.392 e. The van der Waals surface area contributed by atoms with Crippen LogP contribution in [-0.4, -0.2) is 60.9 Å². The molecule has 0 radical (unpaired) electrons. The van der Waals surface area contributed by atoms with Crippen molar-refractivity contribution >= 4 is 21.6 Å². The average molecular weight is 664 g/mol. The van der Waals surface area contributed by atoms with Gasteiger partial charge in [0.05, 0.1) is 29.4 Å². The molecule has 0 aliphatic heterocycles. The number of carbonyl (C=O) groups is 1. The third-order valence-electron chi connectivity index (χ3n) is 7.36. The van der Waals surface area contributed by atoms with E-state index in [1.807, 2.05) is 0 Å². The Bertz CT molecular complexity index is 1660. The first-order chi connectivity index (χ1) is 21.9. The van der Waals surface area contributed by atoms with Gasteiger partial charge in [-0.3, -0.25) is 9.78 Å². The minimum absolute atomic E-state index is 0.0238. The molecule has 1 aromatic heterocycles. The van der Waals surface area contributed by atoms with Crippen LogP contribution in [0.3, 0.4) is 0 Å². The summed E-state index contributed by atoms with van der Waals surface area (Å²) >= 11 is 0. The quantitative estimate of drug-likeness (QED) is 0.0765. The molecule has 4 rings (SSSR count). The maximum absolute atomic E-state index is 15.1. The van der Waals surface area contributed by atoms with Gasteiger partial charge in [-0.15, -0.1) is 0 Å². The van der Waals surface area contributed by atoms with E-state index in [9.17, 15) is 37.0 Å². The number of amides is 1. The summed E-state index contributed by atoms with van der Waals surface area (Å²) in [6, 6.07) is 4.85. The van der Waals surface area contributed by atoms with E-state index < -0.39 is 68.6 Å². The maximum Gasteiger partial charge on any atom is 0.234 e. The number of nitrogens with zero attached hydrogens (tertiary/aromatic N) is 4. The summed E-state index contributed by atoms with van der Waals surface area (Å²) in [7, 11) is -3.62. The van der Waals surface area contributed by atoms with Gasteiger partial charge in [0, 0.05) is 41.6 Å². The van der Waals surface area contributed by atoms with Crippen molar-refractivity contribution in [2.75, 3.05) is 18.4 Å². The van der Waals surface area contributed by atoms with E-state index in [4.69, 9.17) is 0 Å². The smallest absolute Gasteiger partial charge is 0.234 e. The molecule has 2 unspecified atom stereocenters. The Morgan fingerprint density at radius 1 is 1.04 bits per heavy atom. The number of hydrogen-bond acceptors (Lipinski definition) is 7. The summed E-state index contributed by atoms with van der Waals surface area (Å²) in [5.74, 6) is -5.61. The second-order valence-corrected chi connectivity index (χ2v) is 13.1. The van der Waals surface area contributed by atoms with Gasteiger partial charge in [-0.25, -0.2) is 30.7 Å². The van der Waals surface area contributed by atoms with E-state index in [2.05, 4.69) is 30.4 Å². The van der Waals surface area contributed by atoms with E-state index in [0.717, 1.165) is 36.7 Å². The van der Waals surface area contributed by atoms with Gasteiger partial charge in [0.1, 0.15) is 29.3 Å². The standard InChI is InChI=1S/C30H33F4N7O4S/c1-17(42)13-36-14-23(40-46(44,45)24-7-8-24)6-9-25-26(34)15-37-16-27(25)38-30(43)29(39-41-35)28(18-2-4-20(31)5-3-18)19-10-21(32)12-22(33)11-19/h2-5,10-12,15-17,23-24,28-29,36,40,42H,6-9,13-14H2,1H3,(H,38,43)/t17?,23?,28-,29-/m0/s1. The monoisotopic (exact) mass is 663 g/mol. The molecule has 0 bridgehead atoms. The lowest BCUT2D eigenvalue weighted by Gasteiger charge is -2.25. The van der Waals surface area contributed by atoms with Crippen LogP contribution >= 0.6 is 0 Å². The normalized spacial score (nSPS) is 15.8. The Hall–Kier alpha value is -4.08. The van der Waals surface area contributed by atoms with Crippen LogP contribution in [-0.2, 0) is 21.2 Å². The molecule has 0 spiro atoms. The second-order valence-electron chi connectivity index (χ2n) is 11.1. The van der Waals surface area contributed by atoms with Crippen LogP contribution in [0.25, 0.3) is 10.4 Å². The highest BCUT2D eigenvalue weighted by molar-refractivity contribution is 7.90. The molecule has 1 heterocycles. The van der Waals surface area contributed by atoms with Crippen LogP contribution in [0, 0.1) is 23.3 Å². The van der Waals surface area contributed by atoms with Gasteiger partial charge >= 0.3 is 0 Å². The number of anilines is 1. The zero-order chi connectivity index (χ0) is 33.4. The van der Waals surface area contributed by atoms with Crippen LogP contribution in [0.5, 0.6) is 0 Å². The molecular weight excluding hydrogens is 630 g/mol. The first-order valence-electron chi connectivity index (χ1n) is 14.5. The number of sulfonamides is 1. The van der Waals surface area contributed by atoms with Crippen molar-refractivity contribution in [3.63, 3.8) is 0 Å². The molecule has 1 saturated carbocycles. The number of aromatic nitrogens is 1. The van der Waals surface area contributed by atoms with Gasteiger partial charge in [-0.1, -0.05) is 17.2 Å². The lowest BCUT2D eigenvalue weighted by molar-refractivity contribution is -0.117. The Morgan fingerprint density at radius 3 is 2.33 bits per heavy atom. The van der Waals surface area contributed by atoms with Gasteiger partial charge in [-0.05, 0) is 73.5 Å². The number of nitrogens with one attached hydrogen (secondary N) is 3. The molecule has 3 aromatic rings. The van der Waals surface area contributed by atoms with E-state index in [1.54, 1.807) is 6.92 Å². The first-order valence-corrected chi connectivity index (χ1v) is 16.0. The molecule has 11 nitrogen and oxygen atoms in total. The van der Waals surface area contributed by atoms with Crippen molar-refractivity contribution in [2.45, 2.75) is 62.0 Å². The van der Waals surface area contributed by atoms with Crippen molar-refractivity contribution in [1.82, 2.24) is 15.0 Å². The van der Waals surface area contributed by atoms with Crippen molar-refractivity contribution in [1.29, 1.82) is 0 Å². The largest absolute Gasteiger partial charge is 0.392 e. The Balaban J connectivity index is 1.62. The topological polar surface area (TPSA) is 169 Å². The van der Waals surface area contributed by atoms with Crippen molar-refractivity contribution < 1.29 is 35.9 Å². The van der Waals surface area contributed by atoms with Crippen LogP contribution < -0.4 is 15.4 Å². The Morgan fingerprint density at radius 2 is 1.72 bits per heavy atom. The summed E-state index contributed by atoms with van der Waals surface area (Å²) in [5.41, 5.74) is 9.35. The molecule has 1 amide bonds. The molecular formula is C30H33F4N7O4S. The Labute approximate surface area is 263 Å². The fraction of sp³-hybridized carbons (Fsp3) is 0.400. The highest BCUT2D eigenvalue weighted by Gasteiger charge is 2.37. The van der Waals surface area contributed by atoms with Gasteiger partial charge in [-0.2, -0.15) is 0 Å². The van der Waals surface area contributed by atoms with E-state index in [0.29, 0.717) is 18.9 Å². The number of benzene rings is 2. The van der Waals surface area contributed by atoms with Gasteiger partial charge in [0.15, 0.2) is 0 Å². The molecule has 4 N–H and O–H groups in total. The average Bonchev–Trinajstić information content (AvgIpc) is 3.83. The molecule has 1 aliphatic carbocycles. The third-order valence-corrected chi connectivity index (χ3v) is 9.37. The molecule has 4 atom stereocenters. The third kappa shape index (κ3) is 9.47. The van der Waals surface area contributed by atoms with Gasteiger partial charge < -0.3 is 15.7 Å². The zero-order valence-corrected chi connectivity index (χ0v) is 25.5. The van der Waals surface area contributed by atoms with E-state index >= 15 is 4.39 Å². The number of aliphatic hydroxyl groups is 1. The molecule has 1 fully saturated rings. The number of rotatable bonds is 16. The predicted molar refractivity (Wildman–Crippen MR) is 162 cm³/mol. The van der Waals surface area contributed by atoms with Crippen LogP contribution in [0.1, 0.15) is 48.8 Å². The summed E-state index contributed by atoms with van der Waals surface area (Å²) in [4.78, 5) is 20.2.